The minimum Gasteiger partial charge on any atom is -0.404 e. The predicted octanol–water partition coefficient (Wildman–Crippen LogP) is 3.18. The first kappa shape index (κ1) is 11.9. The van der Waals surface area contributed by atoms with Gasteiger partial charge in [-0.05, 0) is 41.4 Å². The SMILES string of the molecule is Cc1cc(C)c(Br)c(Oc2ncc(F)cn2)n1. The average molecular weight is 298 g/mol. The average Bonchev–Trinajstić information content (AvgIpc) is 2.28. The second kappa shape index (κ2) is 4.75. The smallest absolute Gasteiger partial charge is 0.323 e. The van der Waals surface area contributed by atoms with Crippen molar-refractivity contribution < 1.29 is 9.13 Å². The van der Waals surface area contributed by atoms with E-state index in [4.69, 9.17) is 4.74 Å². The molecule has 0 saturated heterocycles. The summed E-state index contributed by atoms with van der Waals surface area (Å²) in [6.45, 7) is 3.79. The molecule has 0 unspecified atom stereocenters. The molecule has 0 bridgehead atoms. The Labute approximate surface area is 106 Å². The third-order valence-electron chi connectivity index (χ3n) is 2.02. The van der Waals surface area contributed by atoms with E-state index < -0.39 is 5.82 Å². The van der Waals surface area contributed by atoms with Gasteiger partial charge in [-0.15, -0.1) is 0 Å². The van der Waals surface area contributed by atoms with Crippen LogP contribution in [0.2, 0.25) is 0 Å². The number of aromatic nitrogens is 3. The summed E-state index contributed by atoms with van der Waals surface area (Å²) in [5, 5.41) is 0. The Hall–Kier alpha value is -1.56. The van der Waals surface area contributed by atoms with Gasteiger partial charge in [-0.1, -0.05) is 0 Å². The van der Waals surface area contributed by atoms with E-state index in [-0.39, 0.29) is 6.01 Å². The summed E-state index contributed by atoms with van der Waals surface area (Å²) in [5.41, 5.74) is 1.82. The fourth-order valence-corrected chi connectivity index (χ4v) is 1.58. The van der Waals surface area contributed by atoms with Crippen molar-refractivity contribution in [3.8, 4) is 11.9 Å². The van der Waals surface area contributed by atoms with E-state index >= 15 is 0 Å². The molecule has 2 aromatic heterocycles. The van der Waals surface area contributed by atoms with Gasteiger partial charge < -0.3 is 4.74 Å². The molecule has 88 valence electrons. The van der Waals surface area contributed by atoms with Crippen LogP contribution in [0.1, 0.15) is 11.3 Å². The molecule has 0 amide bonds. The van der Waals surface area contributed by atoms with Crippen LogP contribution in [0.15, 0.2) is 22.9 Å². The number of nitrogens with zero attached hydrogens (tertiary/aromatic N) is 3. The minimum atomic E-state index is -0.509. The standard InChI is InChI=1S/C11H9BrFN3O/c1-6-3-7(2)16-10(9(6)12)17-11-14-4-8(13)5-15-11/h3-5H,1-2H3. The molecule has 0 aliphatic heterocycles. The van der Waals surface area contributed by atoms with Crippen LogP contribution in [0, 0.1) is 19.7 Å². The van der Waals surface area contributed by atoms with Crippen molar-refractivity contribution >= 4 is 15.9 Å². The predicted molar refractivity (Wildman–Crippen MR) is 63.5 cm³/mol. The number of pyridine rings is 1. The first-order chi connectivity index (χ1) is 8.06. The quantitative estimate of drug-likeness (QED) is 0.854. The largest absolute Gasteiger partial charge is 0.404 e. The summed E-state index contributed by atoms with van der Waals surface area (Å²) in [6, 6.07) is 1.98. The Morgan fingerprint density at radius 2 is 1.88 bits per heavy atom. The highest BCUT2D eigenvalue weighted by molar-refractivity contribution is 9.10. The minimum absolute atomic E-state index is 0.0598. The molecule has 17 heavy (non-hydrogen) atoms. The van der Waals surface area contributed by atoms with Crippen LogP contribution in [0.5, 0.6) is 11.9 Å². The Morgan fingerprint density at radius 1 is 1.24 bits per heavy atom. The van der Waals surface area contributed by atoms with Gasteiger partial charge in [0, 0.05) is 5.69 Å². The maximum absolute atomic E-state index is 12.6. The van der Waals surface area contributed by atoms with Crippen LogP contribution in [0.3, 0.4) is 0 Å². The highest BCUT2D eigenvalue weighted by Gasteiger charge is 2.10. The highest BCUT2D eigenvalue weighted by Crippen LogP contribution is 2.29. The van der Waals surface area contributed by atoms with Gasteiger partial charge in [-0.3, -0.25) is 0 Å². The van der Waals surface area contributed by atoms with Gasteiger partial charge in [0.05, 0.1) is 16.9 Å². The van der Waals surface area contributed by atoms with Crippen molar-refractivity contribution in [1.82, 2.24) is 15.0 Å². The summed E-state index contributed by atoms with van der Waals surface area (Å²) in [5.74, 6) is -0.140. The van der Waals surface area contributed by atoms with Crippen molar-refractivity contribution in [2.24, 2.45) is 0 Å². The number of hydrogen-bond donors (Lipinski definition) is 0. The normalized spacial score (nSPS) is 10.4. The Balaban J connectivity index is 2.32. The number of halogens is 2. The van der Waals surface area contributed by atoms with Crippen LogP contribution < -0.4 is 4.74 Å². The highest BCUT2D eigenvalue weighted by atomic mass is 79.9. The van der Waals surface area contributed by atoms with Gasteiger partial charge in [-0.2, -0.15) is 0 Å². The van der Waals surface area contributed by atoms with Crippen molar-refractivity contribution in [3.05, 3.63) is 40.0 Å². The molecule has 0 spiro atoms. The van der Waals surface area contributed by atoms with Crippen LogP contribution >= 0.6 is 15.9 Å². The molecule has 2 aromatic rings. The summed E-state index contributed by atoms with van der Waals surface area (Å²) in [6.07, 6.45) is 2.08. The lowest BCUT2D eigenvalue weighted by Gasteiger charge is -2.07. The maximum Gasteiger partial charge on any atom is 0.323 e. The molecule has 0 saturated carbocycles. The van der Waals surface area contributed by atoms with Crippen molar-refractivity contribution in [3.63, 3.8) is 0 Å². The van der Waals surface area contributed by atoms with E-state index in [2.05, 4.69) is 30.9 Å². The Morgan fingerprint density at radius 3 is 2.53 bits per heavy atom. The molecule has 0 aliphatic carbocycles. The molecule has 0 radical (unpaired) electrons. The zero-order valence-electron chi connectivity index (χ0n) is 9.24. The van der Waals surface area contributed by atoms with Gasteiger partial charge in [-0.25, -0.2) is 19.3 Å². The van der Waals surface area contributed by atoms with Gasteiger partial charge in [0.25, 0.3) is 0 Å². The first-order valence-electron chi connectivity index (χ1n) is 4.85. The lowest BCUT2D eigenvalue weighted by Crippen LogP contribution is -1.97. The number of rotatable bonds is 2. The maximum atomic E-state index is 12.6. The summed E-state index contributed by atoms with van der Waals surface area (Å²) >= 11 is 3.37. The van der Waals surface area contributed by atoms with Gasteiger partial charge >= 0.3 is 6.01 Å². The van der Waals surface area contributed by atoms with E-state index in [1.807, 2.05) is 19.9 Å². The summed E-state index contributed by atoms with van der Waals surface area (Å²) in [4.78, 5) is 11.6. The van der Waals surface area contributed by atoms with Crippen LogP contribution in [0.25, 0.3) is 0 Å². The molecule has 0 aromatic carbocycles. The molecule has 0 fully saturated rings. The zero-order valence-corrected chi connectivity index (χ0v) is 10.8. The van der Waals surface area contributed by atoms with Crippen molar-refractivity contribution in [2.75, 3.05) is 0 Å². The topological polar surface area (TPSA) is 47.9 Å². The van der Waals surface area contributed by atoms with E-state index in [9.17, 15) is 4.39 Å². The molecular formula is C11H9BrFN3O. The molecule has 0 N–H and O–H groups in total. The zero-order chi connectivity index (χ0) is 12.4. The fraction of sp³-hybridized carbons (Fsp3) is 0.182. The monoisotopic (exact) mass is 297 g/mol. The Bertz CT molecular complexity index is 545. The fourth-order valence-electron chi connectivity index (χ4n) is 1.29. The van der Waals surface area contributed by atoms with Gasteiger partial charge in [0.2, 0.25) is 5.88 Å². The number of ether oxygens (including phenoxy) is 1. The Kier molecular flexibility index (Phi) is 3.33. The van der Waals surface area contributed by atoms with Gasteiger partial charge in [0.1, 0.15) is 0 Å². The third kappa shape index (κ3) is 2.76. The summed E-state index contributed by atoms with van der Waals surface area (Å²) < 4.78 is 18.7. The molecule has 6 heteroatoms. The second-order valence-corrected chi connectivity index (χ2v) is 4.28. The van der Waals surface area contributed by atoms with E-state index in [0.717, 1.165) is 28.1 Å². The van der Waals surface area contributed by atoms with Crippen LogP contribution in [-0.2, 0) is 0 Å². The molecule has 4 nitrogen and oxygen atoms in total. The van der Waals surface area contributed by atoms with Gasteiger partial charge in [0.15, 0.2) is 5.82 Å². The van der Waals surface area contributed by atoms with Crippen molar-refractivity contribution in [1.29, 1.82) is 0 Å². The second-order valence-electron chi connectivity index (χ2n) is 3.49. The van der Waals surface area contributed by atoms with E-state index in [1.165, 1.54) is 0 Å². The van der Waals surface area contributed by atoms with Crippen molar-refractivity contribution in [2.45, 2.75) is 13.8 Å². The lowest BCUT2D eigenvalue weighted by molar-refractivity contribution is 0.416. The molecular weight excluding hydrogens is 289 g/mol. The van der Waals surface area contributed by atoms with E-state index in [1.54, 1.807) is 0 Å². The van der Waals surface area contributed by atoms with E-state index in [0.29, 0.717) is 5.88 Å². The summed E-state index contributed by atoms with van der Waals surface area (Å²) in [7, 11) is 0. The molecule has 2 heterocycles. The van der Waals surface area contributed by atoms with Crippen LogP contribution in [0.4, 0.5) is 4.39 Å². The third-order valence-corrected chi connectivity index (χ3v) is 2.99. The molecule has 0 atom stereocenters. The van der Waals surface area contributed by atoms with Crippen LogP contribution in [-0.4, -0.2) is 15.0 Å². The number of hydrogen-bond acceptors (Lipinski definition) is 4. The molecule has 2 rings (SSSR count). The number of aryl methyl sites for hydroxylation is 2. The first-order valence-corrected chi connectivity index (χ1v) is 5.64. The molecule has 0 aliphatic rings. The lowest BCUT2D eigenvalue weighted by atomic mass is 10.2.